The fourth-order valence-electron chi connectivity index (χ4n) is 8.55. The van der Waals surface area contributed by atoms with Crippen molar-refractivity contribution >= 4 is 35.4 Å². The van der Waals surface area contributed by atoms with E-state index in [4.69, 9.17) is 21.1 Å². The minimum Gasteiger partial charge on any atom is -0.506 e. The van der Waals surface area contributed by atoms with E-state index < -0.39 is 52.3 Å². The number of amides is 3. The fraction of sp³-hybridized carbons (Fsp3) is 0.571. The number of anilines is 1. The Morgan fingerprint density at radius 3 is 2.34 bits per heavy atom. The Kier molecular flexibility index (Phi) is 9.31. The minimum absolute atomic E-state index is 0.0115. The normalized spacial score (nSPS) is 25.9. The number of nitrogens with zero attached hydrogens (tertiary/aromatic N) is 4. The van der Waals surface area contributed by atoms with Crippen LogP contribution in [0.5, 0.6) is 5.75 Å². The largest absolute Gasteiger partial charge is 0.506 e. The van der Waals surface area contributed by atoms with Gasteiger partial charge in [-0.05, 0) is 56.5 Å². The predicted molar refractivity (Wildman–Crippen MR) is 177 cm³/mol. The van der Waals surface area contributed by atoms with Gasteiger partial charge in [-0.1, -0.05) is 29.8 Å². The molecule has 3 atom stereocenters. The van der Waals surface area contributed by atoms with Crippen LogP contribution in [-0.2, 0) is 32.5 Å². The van der Waals surface area contributed by atoms with Crippen LogP contribution in [-0.4, -0.2) is 113 Å². The number of phenolic OH excluding ortho intramolecular Hbond substituents is 1. The van der Waals surface area contributed by atoms with Gasteiger partial charge in [0.05, 0.1) is 16.3 Å². The second kappa shape index (κ2) is 13.4. The monoisotopic (exact) mass is 719 g/mol. The Bertz CT molecular complexity index is 1630. The Balaban J connectivity index is 1.06. The number of hydrogen-bond acceptors (Lipinski definition) is 8. The molecule has 0 saturated carbocycles. The van der Waals surface area contributed by atoms with Crippen molar-refractivity contribution in [2.24, 2.45) is 0 Å². The second-order valence-electron chi connectivity index (χ2n) is 14.1. The Morgan fingerprint density at radius 1 is 1.02 bits per heavy atom. The van der Waals surface area contributed by atoms with E-state index in [9.17, 15) is 32.7 Å². The zero-order valence-corrected chi connectivity index (χ0v) is 28.5. The van der Waals surface area contributed by atoms with E-state index in [2.05, 4.69) is 22.2 Å². The van der Waals surface area contributed by atoms with E-state index in [1.54, 1.807) is 17.0 Å². The van der Waals surface area contributed by atoms with Crippen molar-refractivity contribution in [3.05, 3.63) is 58.1 Å². The first kappa shape index (κ1) is 34.7. The zero-order valence-electron chi connectivity index (χ0n) is 27.8. The van der Waals surface area contributed by atoms with Crippen LogP contribution in [0, 0.1) is 0 Å². The molecule has 0 radical (unpaired) electrons. The number of benzene rings is 2. The number of likely N-dealkylation sites (tertiary alicyclic amines) is 1. The van der Waals surface area contributed by atoms with Crippen LogP contribution in [0.1, 0.15) is 55.2 Å². The maximum absolute atomic E-state index is 14.0. The number of fused-ring (bicyclic) bond motifs is 4. The van der Waals surface area contributed by atoms with Crippen LogP contribution < -0.4 is 5.32 Å². The first-order valence-electron chi connectivity index (χ1n) is 17.2. The average molecular weight is 720 g/mol. The lowest BCUT2D eigenvalue weighted by Gasteiger charge is -2.45. The molecule has 50 heavy (non-hydrogen) atoms. The molecule has 2 unspecified atom stereocenters. The molecule has 5 heterocycles. The fourth-order valence-corrected chi connectivity index (χ4v) is 8.79. The number of rotatable bonds is 5. The number of hydrogen-bond donors (Lipinski definition) is 2. The lowest BCUT2D eigenvalue weighted by molar-refractivity contribution is -0.143. The zero-order chi connectivity index (χ0) is 35.4. The molecule has 2 bridgehead atoms. The Hall–Kier alpha value is -3.75. The van der Waals surface area contributed by atoms with Gasteiger partial charge in [-0.15, -0.1) is 0 Å². The summed E-state index contributed by atoms with van der Waals surface area (Å²) in [6, 6.07) is 10.8. The molecule has 11 nitrogen and oxygen atoms in total. The van der Waals surface area contributed by atoms with Crippen LogP contribution in [0.3, 0.4) is 0 Å². The third-order valence-electron chi connectivity index (χ3n) is 11.4. The SMILES string of the molecule is CN1C2CCC1CC(N1CCN(C(=O)[C@@H](Cc3cc(Cl)c(O)c(C(F)(F)F)c3)OC(=O)N3CCC4(CC3)OC(=O)Nc3ccccc34)CC1)C2. The molecule has 7 rings (SSSR count). The number of halogens is 4. The second-order valence-corrected chi connectivity index (χ2v) is 14.5. The number of alkyl halides is 3. The van der Waals surface area contributed by atoms with Crippen molar-refractivity contribution in [3.8, 4) is 5.75 Å². The van der Waals surface area contributed by atoms with Gasteiger partial charge in [0.25, 0.3) is 5.91 Å². The number of aromatic hydroxyl groups is 1. The highest BCUT2D eigenvalue weighted by molar-refractivity contribution is 6.32. The third kappa shape index (κ3) is 6.69. The van der Waals surface area contributed by atoms with Crippen molar-refractivity contribution in [2.45, 2.75) is 81.0 Å². The van der Waals surface area contributed by atoms with Gasteiger partial charge >= 0.3 is 18.4 Å². The molecule has 0 aliphatic carbocycles. The minimum atomic E-state index is -4.90. The number of ether oxygens (including phenoxy) is 2. The summed E-state index contributed by atoms with van der Waals surface area (Å²) in [5.74, 6) is -1.61. The molecule has 2 aromatic carbocycles. The number of piperazine rings is 1. The molecule has 3 amide bonds. The summed E-state index contributed by atoms with van der Waals surface area (Å²) < 4.78 is 52.8. The van der Waals surface area contributed by atoms with E-state index in [0.29, 0.717) is 50.0 Å². The van der Waals surface area contributed by atoms with Gasteiger partial charge in [0, 0.05) is 82.2 Å². The number of carbonyl (C=O) groups is 3. The first-order valence-corrected chi connectivity index (χ1v) is 17.6. The van der Waals surface area contributed by atoms with E-state index in [0.717, 1.165) is 30.5 Å². The Labute approximate surface area is 293 Å². The van der Waals surface area contributed by atoms with Crippen molar-refractivity contribution in [3.63, 3.8) is 0 Å². The smallest absolute Gasteiger partial charge is 0.420 e. The van der Waals surface area contributed by atoms with Crippen molar-refractivity contribution < 1.29 is 42.1 Å². The third-order valence-corrected chi connectivity index (χ3v) is 11.6. The molecule has 4 saturated heterocycles. The van der Waals surface area contributed by atoms with Gasteiger partial charge in [-0.3, -0.25) is 15.0 Å². The van der Waals surface area contributed by atoms with Crippen molar-refractivity contribution in [1.82, 2.24) is 19.6 Å². The van der Waals surface area contributed by atoms with E-state index in [-0.39, 0.29) is 37.9 Å². The maximum atomic E-state index is 14.0. The molecule has 5 aliphatic heterocycles. The van der Waals surface area contributed by atoms with Crippen molar-refractivity contribution in [1.29, 1.82) is 0 Å². The summed E-state index contributed by atoms with van der Waals surface area (Å²) in [6.45, 7) is 2.39. The summed E-state index contributed by atoms with van der Waals surface area (Å²) in [4.78, 5) is 48.0. The highest BCUT2D eigenvalue weighted by atomic mass is 35.5. The van der Waals surface area contributed by atoms with Crippen LogP contribution in [0.15, 0.2) is 36.4 Å². The lowest BCUT2D eigenvalue weighted by atomic mass is 9.82. The topological polar surface area (TPSA) is 115 Å². The van der Waals surface area contributed by atoms with Gasteiger partial charge < -0.3 is 29.3 Å². The molecular formula is C35H41ClF3N5O6. The van der Waals surface area contributed by atoms with Crippen LogP contribution >= 0.6 is 11.6 Å². The van der Waals surface area contributed by atoms with Gasteiger partial charge in [0.1, 0.15) is 11.4 Å². The molecular weight excluding hydrogens is 679 g/mol. The molecule has 15 heteroatoms. The molecule has 4 fully saturated rings. The lowest BCUT2D eigenvalue weighted by Crippen LogP contribution is -2.57. The highest BCUT2D eigenvalue weighted by Crippen LogP contribution is 2.44. The van der Waals surface area contributed by atoms with E-state index in [1.165, 1.54) is 17.7 Å². The Morgan fingerprint density at radius 2 is 1.68 bits per heavy atom. The molecule has 1 spiro atoms. The number of carbonyl (C=O) groups excluding carboxylic acids is 3. The van der Waals surface area contributed by atoms with Crippen LogP contribution in [0.2, 0.25) is 5.02 Å². The average Bonchev–Trinajstić information content (AvgIpc) is 3.27. The van der Waals surface area contributed by atoms with Gasteiger partial charge in [-0.2, -0.15) is 13.2 Å². The number of piperidine rings is 2. The van der Waals surface area contributed by atoms with Crippen molar-refractivity contribution in [2.75, 3.05) is 51.6 Å². The quantitative estimate of drug-likeness (QED) is 0.421. The first-order chi connectivity index (χ1) is 23.8. The van der Waals surface area contributed by atoms with Gasteiger partial charge in [0.15, 0.2) is 6.10 Å². The number of para-hydroxylation sites is 1. The van der Waals surface area contributed by atoms with Gasteiger partial charge in [0.2, 0.25) is 0 Å². The molecule has 2 aromatic rings. The van der Waals surface area contributed by atoms with Gasteiger partial charge in [-0.25, -0.2) is 9.59 Å². The molecule has 270 valence electrons. The molecule has 0 aromatic heterocycles. The molecule has 2 N–H and O–H groups in total. The highest BCUT2D eigenvalue weighted by Gasteiger charge is 2.46. The number of phenols is 1. The summed E-state index contributed by atoms with van der Waals surface area (Å²) >= 11 is 6.00. The standard InChI is InChI=1S/C35H41ClF3N5O6/c1-41-22-6-7-23(41)20-24(19-22)42-12-14-43(15-13-42)31(46)29(18-21-16-26(35(37,38)39)30(45)27(36)17-21)49-33(48)44-10-8-34(9-11-44)25-4-2-3-5-28(25)40-32(47)50-34/h2-5,16-17,22-24,29,45H,6-15,18-20H2,1H3,(H,40,47)/t22?,23?,24?,29-/m1/s1. The van der Waals surface area contributed by atoms with Crippen LogP contribution in [0.4, 0.5) is 28.4 Å². The van der Waals surface area contributed by atoms with Crippen LogP contribution in [0.25, 0.3) is 0 Å². The summed E-state index contributed by atoms with van der Waals surface area (Å²) in [5.41, 5.74) is -0.843. The van der Waals surface area contributed by atoms with E-state index in [1.807, 2.05) is 12.1 Å². The number of nitrogens with one attached hydrogen (secondary N) is 1. The maximum Gasteiger partial charge on any atom is 0.420 e. The summed E-state index contributed by atoms with van der Waals surface area (Å²) in [5, 5.41) is 12.2. The van der Waals surface area contributed by atoms with E-state index >= 15 is 0 Å². The summed E-state index contributed by atoms with van der Waals surface area (Å²) in [6.07, 6.45) is -2.95. The molecule has 5 aliphatic rings. The predicted octanol–water partition coefficient (Wildman–Crippen LogP) is 5.43. The summed E-state index contributed by atoms with van der Waals surface area (Å²) in [7, 11) is 2.19.